The highest BCUT2D eigenvalue weighted by Gasteiger charge is 2.31. The van der Waals surface area contributed by atoms with Crippen molar-refractivity contribution < 1.29 is 17.9 Å². The van der Waals surface area contributed by atoms with Crippen molar-refractivity contribution in [3.63, 3.8) is 0 Å². The van der Waals surface area contributed by atoms with Crippen LogP contribution in [-0.4, -0.2) is 32.0 Å². The Labute approximate surface area is 180 Å². The first-order valence-corrected chi connectivity index (χ1v) is 9.38. The van der Waals surface area contributed by atoms with E-state index in [0.717, 1.165) is 17.8 Å². The molecule has 4 heterocycles. The number of aromatic nitrogens is 5. The van der Waals surface area contributed by atoms with Crippen LogP contribution in [0, 0.1) is 11.3 Å². The second kappa shape index (κ2) is 8.14. The van der Waals surface area contributed by atoms with Gasteiger partial charge in [-0.2, -0.15) is 18.4 Å². The maximum Gasteiger partial charge on any atom is 0.417 e. The highest BCUT2D eigenvalue weighted by molar-refractivity contribution is 5.94. The molecular weight excluding hydrogens is 423 g/mol. The third-order valence-electron chi connectivity index (χ3n) is 4.84. The number of hydrogen-bond acceptors (Lipinski definition) is 7. The Hall–Kier alpha value is -4.20. The minimum Gasteiger partial charge on any atom is -0.481 e. The van der Waals surface area contributed by atoms with E-state index in [4.69, 9.17) is 4.74 Å². The number of halogens is 3. The van der Waals surface area contributed by atoms with Crippen molar-refractivity contribution in [3.05, 3.63) is 59.7 Å². The van der Waals surface area contributed by atoms with Crippen molar-refractivity contribution in [3.8, 4) is 23.2 Å². The van der Waals surface area contributed by atoms with Gasteiger partial charge in [0, 0.05) is 35.6 Å². The van der Waals surface area contributed by atoms with Gasteiger partial charge >= 0.3 is 6.18 Å². The second-order valence-electron chi connectivity index (χ2n) is 6.89. The molecule has 4 rings (SSSR count). The van der Waals surface area contributed by atoms with E-state index >= 15 is 0 Å². The maximum absolute atomic E-state index is 13.2. The Morgan fingerprint density at radius 2 is 1.97 bits per heavy atom. The molecule has 0 unspecified atom stereocenters. The lowest BCUT2D eigenvalue weighted by Gasteiger charge is -2.15. The third-order valence-corrected chi connectivity index (χ3v) is 4.84. The van der Waals surface area contributed by atoms with Crippen LogP contribution < -0.4 is 10.1 Å². The number of methoxy groups -OCH3 is 1. The van der Waals surface area contributed by atoms with Gasteiger partial charge in [0.2, 0.25) is 11.8 Å². The van der Waals surface area contributed by atoms with Gasteiger partial charge in [0.25, 0.3) is 0 Å². The molecule has 8 nitrogen and oxygen atoms in total. The van der Waals surface area contributed by atoms with E-state index in [1.165, 1.54) is 19.5 Å². The fraction of sp³-hybridized carbons (Fsp3) is 0.190. The van der Waals surface area contributed by atoms with Gasteiger partial charge in [-0.1, -0.05) is 6.07 Å². The molecule has 32 heavy (non-hydrogen) atoms. The molecule has 0 bridgehead atoms. The van der Waals surface area contributed by atoms with E-state index in [-0.39, 0.29) is 34.3 Å². The molecule has 0 fully saturated rings. The van der Waals surface area contributed by atoms with Crippen molar-refractivity contribution in [1.82, 2.24) is 24.9 Å². The Balaban J connectivity index is 1.72. The van der Waals surface area contributed by atoms with Crippen LogP contribution in [0.3, 0.4) is 0 Å². The fourth-order valence-electron chi connectivity index (χ4n) is 3.14. The number of ether oxygens (including phenoxy) is 1. The predicted octanol–water partition coefficient (Wildman–Crippen LogP) is 4.49. The molecule has 0 saturated heterocycles. The second-order valence-corrected chi connectivity index (χ2v) is 6.89. The Kier molecular flexibility index (Phi) is 5.36. The monoisotopic (exact) mass is 439 g/mol. The molecule has 0 aliphatic heterocycles. The summed E-state index contributed by atoms with van der Waals surface area (Å²) in [5.74, 6) is 0.681. The number of alkyl halides is 3. The molecule has 11 heteroatoms. The SMILES string of the molecule is COc1ccc([C@@H](C)Nc2ncc(C#N)c(-c3c[nH]c4ncc(C(F)(F)F)cc34)n2)cn1. The van der Waals surface area contributed by atoms with Crippen molar-refractivity contribution >= 4 is 17.0 Å². The van der Waals surface area contributed by atoms with Crippen LogP contribution in [0.25, 0.3) is 22.3 Å². The third kappa shape index (κ3) is 4.02. The van der Waals surface area contributed by atoms with Crippen molar-refractivity contribution in [2.45, 2.75) is 19.1 Å². The number of aromatic amines is 1. The molecule has 0 aliphatic carbocycles. The van der Waals surface area contributed by atoms with Crippen molar-refractivity contribution in [1.29, 1.82) is 5.26 Å². The Morgan fingerprint density at radius 3 is 2.62 bits per heavy atom. The first-order chi connectivity index (χ1) is 15.3. The average molecular weight is 439 g/mol. The van der Waals surface area contributed by atoms with Crippen LogP contribution in [0.5, 0.6) is 5.88 Å². The first-order valence-electron chi connectivity index (χ1n) is 9.38. The summed E-state index contributed by atoms with van der Waals surface area (Å²) in [6.07, 6.45) is 0.648. The molecule has 0 aromatic carbocycles. The van der Waals surface area contributed by atoms with Crippen molar-refractivity contribution in [2.75, 3.05) is 12.4 Å². The zero-order chi connectivity index (χ0) is 22.9. The smallest absolute Gasteiger partial charge is 0.417 e. The van der Waals surface area contributed by atoms with E-state index in [0.29, 0.717) is 11.4 Å². The summed E-state index contributed by atoms with van der Waals surface area (Å²) in [6.45, 7) is 1.87. The largest absolute Gasteiger partial charge is 0.481 e. The van der Waals surface area contributed by atoms with Gasteiger partial charge in [0.05, 0.1) is 36.2 Å². The van der Waals surface area contributed by atoms with Crippen LogP contribution in [0.1, 0.15) is 29.7 Å². The van der Waals surface area contributed by atoms with Crippen LogP contribution >= 0.6 is 0 Å². The topological polar surface area (TPSA) is 112 Å². The number of nitriles is 1. The number of hydrogen-bond donors (Lipinski definition) is 2. The molecule has 162 valence electrons. The van der Waals surface area contributed by atoms with E-state index in [1.807, 2.05) is 19.1 Å². The molecule has 0 amide bonds. The van der Waals surface area contributed by atoms with E-state index < -0.39 is 11.7 Å². The minimum absolute atomic E-state index is 0.118. The lowest BCUT2D eigenvalue weighted by atomic mass is 10.1. The molecule has 0 radical (unpaired) electrons. The van der Waals surface area contributed by atoms with E-state index in [1.54, 1.807) is 12.3 Å². The Morgan fingerprint density at radius 1 is 1.16 bits per heavy atom. The van der Waals surface area contributed by atoms with Gasteiger partial charge in [-0.05, 0) is 18.6 Å². The van der Waals surface area contributed by atoms with Crippen LogP contribution in [0.4, 0.5) is 19.1 Å². The number of H-pyrrole nitrogens is 1. The molecule has 4 aromatic rings. The summed E-state index contributed by atoms with van der Waals surface area (Å²) in [4.78, 5) is 19.4. The average Bonchev–Trinajstić information content (AvgIpc) is 3.21. The highest BCUT2D eigenvalue weighted by atomic mass is 19.4. The number of nitrogens with zero attached hydrogens (tertiary/aromatic N) is 5. The molecule has 2 N–H and O–H groups in total. The molecule has 0 spiro atoms. The predicted molar refractivity (Wildman–Crippen MR) is 110 cm³/mol. The molecule has 0 aliphatic rings. The molecule has 0 saturated carbocycles. The summed E-state index contributed by atoms with van der Waals surface area (Å²) >= 11 is 0. The zero-order valence-corrected chi connectivity index (χ0v) is 16.9. The van der Waals surface area contributed by atoms with Gasteiger partial charge in [-0.3, -0.25) is 0 Å². The number of rotatable bonds is 5. The maximum atomic E-state index is 13.2. The van der Waals surface area contributed by atoms with Crippen molar-refractivity contribution in [2.24, 2.45) is 0 Å². The quantitative estimate of drug-likeness (QED) is 0.471. The zero-order valence-electron chi connectivity index (χ0n) is 16.9. The number of nitrogens with one attached hydrogen (secondary N) is 2. The van der Waals surface area contributed by atoms with Gasteiger partial charge < -0.3 is 15.0 Å². The number of anilines is 1. The summed E-state index contributed by atoms with van der Waals surface area (Å²) in [7, 11) is 1.52. The standard InChI is InChI=1S/C21H16F3N7O/c1-11(12-3-4-17(32-2)26-7-12)30-20-29-8-13(6-25)18(31-20)16-10-28-19-15(16)5-14(9-27-19)21(22,23)24/h3-5,7-11H,1-2H3,(H,27,28)(H,29,30,31)/t11-/m1/s1. The highest BCUT2D eigenvalue weighted by Crippen LogP contribution is 2.35. The van der Waals surface area contributed by atoms with Crippen LogP contribution in [-0.2, 0) is 6.18 Å². The van der Waals surface area contributed by atoms with Gasteiger partial charge in [-0.15, -0.1) is 0 Å². The summed E-state index contributed by atoms with van der Waals surface area (Å²) < 4.78 is 44.5. The summed E-state index contributed by atoms with van der Waals surface area (Å²) in [6, 6.07) is 6.28. The number of fused-ring (bicyclic) bond motifs is 1. The Bertz CT molecular complexity index is 1310. The van der Waals surface area contributed by atoms with Gasteiger partial charge in [-0.25, -0.2) is 19.9 Å². The summed E-state index contributed by atoms with van der Waals surface area (Å²) in [5.41, 5.74) is 0.830. The summed E-state index contributed by atoms with van der Waals surface area (Å²) in [5, 5.41) is 12.8. The lowest BCUT2D eigenvalue weighted by molar-refractivity contribution is -0.137. The molecular formula is C21H16F3N7O. The molecule has 1 atom stereocenters. The number of pyridine rings is 2. The minimum atomic E-state index is -4.55. The van der Waals surface area contributed by atoms with Gasteiger partial charge in [0.15, 0.2) is 0 Å². The molecule has 4 aromatic heterocycles. The first kappa shape index (κ1) is 21.0. The van der Waals surface area contributed by atoms with E-state index in [2.05, 4.69) is 30.2 Å². The van der Waals surface area contributed by atoms with E-state index in [9.17, 15) is 18.4 Å². The van der Waals surface area contributed by atoms with Crippen LogP contribution in [0.2, 0.25) is 0 Å². The lowest BCUT2D eigenvalue weighted by Crippen LogP contribution is -2.10. The normalized spacial score (nSPS) is 12.4. The fourth-order valence-corrected chi connectivity index (χ4v) is 3.14. The van der Waals surface area contributed by atoms with Gasteiger partial charge in [0.1, 0.15) is 11.7 Å². The van der Waals surface area contributed by atoms with Crippen LogP contribution in [0.15, 0.2) is 43.0 Å².